The van der Waals surface area contributed by atoms with E-state index in [-0.39, 0.29) is 5.38 Å². The lowest BCUT2D eigenvalue weighted by molar-refractivity contribution is 0.388. The van der Waals surface area contributed by atoms with Crippen molar-refractivity contribution in [2.75, 3.05) is 13.7 Å². The summed E-state index contributed by atoms with van der Waals surface area (Å²) in [6, 6.07) is 6.36. The van der Waals surface area contributed by atoms with Crippen molar-refractivity contribution >= 4 is 11.6 Å². The highest BCUT2D eigenvalue weighted by atomic mass is 35.5. The molecule has 0 spiro atoms. The first kappa shape index (κ1) is 18.6. The van der Waals surface area contributed by atoms with Crippen LogP contribution in [0.15, 0.2) is 18.2 Å². The predicted octanol–water partition coefficient (Wildman–Crippen LogP) is 5.62. The van der Waals surface area contributed by atoms with Crippen LogP contribution in [0, 0.1) is 5.92 Å². The molecule has 2 nitrogen and oxygen atoms in total. The van der Waals surface area contributed by atoms with Gasteiger partial charge in [0.15, 0.2) is 0 Å². The Kier molecular flexibility index (Phi) is 8.25. The van der Waals surface area contributed by atoms with E-state index in [0.29, 0.717) is 5.92 Å². The Bertz CT molecular complexity index is 463. The molecule has 1 aromatic rings. The second kappa shape index (κ2) is 10.2. The first-order valence-corrected chi connectivity index (χ1v) is 9.71. The number of rotatable bonds is 10. The van der Waals surface area contributed by atoms with Gasteiger partial charge in [0, 0.05) is 0 Å². The summed E-state index contributed by atoms with van der Waals surface area (Å²) >= 11 is 6.75. The highest BCUT2D eigenvalue weighted by molar-refractivity contribution is 6.21. The number of fused-ring (bicyclic) bond motifs is 1. The molecule has 0 saturated heterocycles. The monoisotopic (exact) mass is 337 g/mol. The van der Waals surface area contributed by atoms with E-state index in [1.807, 2.05) is 6.07 Å². The fourth-order valence-corrected chi connectivity index (χ4v) is 4.13. The molecular weight excluding hydrogens is 306 g/mol. The van der Waals surface area contributed by atoms with Crippen LogP contribution in [-0.4, -0.2) is 13.7 Å². The number of benzene rings is 1. The fraction of sp³-hybridized carbons (Fsp3) is 0.700. The van der Waals surface area contributed by atoms with Gasteiger partial charge in [0.1, 0.15) is 5.75 Å². The van der Waals surface area contributed by atoms with Crippen molar-refractivity contribution < 1.29 is 4.74 Å². The Morgan fingerprint density at radius 2 is 1.78 bits per heavy atom. The molecule has 1 aliphatic carbocycles. The van der Waals surface area contributed by atoms with Crippen molar-refractivity contribution in [2.45, 2.75) is 69.6 Å². The Hall–Kier alpha value is -0.730. The molecule has 2 rings (SSSR count). The lowest BCUT2D eigenvalue weighted by Crippen LogP contribution is -2.17. The lowest BCUT2D eigenvalue weighted by atomic mass is 9.80. The molecule has 0 heterocycles. The van der Waals surface area contributed by atoms with Crippen LogP contribution in [-0.2, 0) is 6.42 Å². The summed E-state index contributed by atoms with van der Waals surface area (Å²) in [5, 5.41) is 0.175. The van der Waals surface area contributed by atoms with Gasteiger partial charge in [-0.3, -0.25) is 0 Å². The van der Waals surface area contributed by atoms with Crippen LogP contribution in [0.1, 0.15) is 74.3 Å². The van der Waals surface area contributed by atoms with Gasteiger partial charge in [-0.2, -0.15) is 0 Å². The molecule has 0 saturated carbocycles. The Morgan fingerprint density at radius 3 is 2.48 bits per heavy atom. The molecule has 2 N–H and O–H groups in total. The Balaban J connectivity index is 1.69. The SMILES string of the molecule is COc1ccc2c(c1)CCC(CCCCCCCCCN)C2Cl. The first-order valence-electron chi connectivity index (χ1n) is 9.27. The van der Waals surface area contributed by atoms with E-state index in [4.69, 9.17) is 22.1 Å². The minimum absolute atomic E-state index is 0.175. The van der Waals surface area contributed by atoms with Crippen molar-refractivity contribution in [2.24, 2.45) is 11.7 Å². The molecule has 1 aromatic carbocycles. The summed E-state index contributed by atoms with van der Waals surface area (Å²) in [6.07, 6.45) is 12.8. The van der Waals surface area contributed by atoms with E-state index in [9.17, 15) is 0 Å². The second-order valence-electron chi connectivity index (χ2n) is 6.82. The summed E-state index contributed by atoms with van der Waals surface area (Å²) in [4.78, 5) is 0. The zero-order valence-electron chi connectivity index (χ0n) is 14.5. The standard InChI is InChI=1S/C20H32ClNO/c1-23-18-12-13-19-17(15-18)11-10-16(20(19)21)9-7-5-3-2-4-6-8-14-22/h12-13,15-16,20H,2-11,14,22H2,1H3. The van der Waals surface area contributed by atoms with Crippen LogP contribution >= 0.6 is 11.6 Å². The molecule has 3 heteroatoms. The molecule has 23 heavy (non-hydrogen) atoms. The Morgan fingerprint density at radius 1 is 1.09 bits per heavy atom. The molecule has 1 aliphatic rings. The number of aryl methyl sites for hydroxylation is 1. The van der Waals surface area contributed by atoms with Crippen LogP contribution in [0.3, 0.4) is 0 Å². The van der Waals surface area contributed by atoms with Crippen LogP contribution in [0.5, 0.6) is 5.75 Å². The molecule has 0 aliphatic heterocycles. The number of halogens is 1. The van der Waals surface area contributed by atoms with Crippen molar-refractivity contribution in [1.29, 1.82) is 0 Å². The largest absolute Gasteiger partial charge is 0.497 e. The van der Waals surface area contributed by atoms with E-state index < -0.39 is 0 Å². The van der Waals surface area contributed by atoms with Crippen LogP contribution in [0.25, 0.3) is 0 Å². The van der Waals surface area contributed by atoms with Crippen molar-refractivity contribution in [3.8, 4) is 5.75 Å². The van der Waals surface area contributed by atoms with E-state index in [2.05, 4.69) is 12.1 Å². The summed E-state index contributed by atoms with van der Waals surface area (Å²) < 4.78 is 5.32. The van der Waals surface area contributed by atoms with E-state index in [1.165, 1.54) is 68.9 Å². The van der Waals surface area contributed by atoms with Gasteiger partial charge in [0.2, 0.25) is 0 Å². The molecule has 0 bridgehead atoms. The third-order valence-electron chi connectivity index (χ3n) is 5.12. The fourth-order valence-electron chi connectivity index (χ4n) is 3.66. The minimum atomic E-state index is 0.175. The van der Waals surface area contributed by atoms with Gasteiger partial charge in [-0.15, -0.1) is 11.6 Å². The molecular formula is C20H32ClNO. The number of hydrogen-bond donors (Lipinski definition) is 1. The Labute approximate surface area is 146 Å². The maximum absolute atomic E-state index is 6.75. The summed E-state index contributed by atoms with van der Waals surface area (Å²) in [5.74, 6) is 1.58. The van der Waals surface area contributed by atoms with E-state index in [1.54, 1.807) is 7.11 Å². The van der Waals surface area contributed by atoms with Gasteiger partial charge in [-0.05, 0) is 61.4 Å². The predicted molar refractivity (Wildman–Crippen MR) is 99.4 cm³/mol. The van der Waals surface area contributed by atoms with Crippen molar-refractivity contribution in [3.05, 3.63) is 29.3 Å². The molecule has 130 valence electrons. The maximum atomic E-state index is 6.75. The third kappa shape index (κ3) is 5.69. The third-order valence-corrected chi connectivity index (χ3v) is 5.72. The summed E-state index contributed by atoms with van der Waals surface area (Å²) in [6.45, 7) is 0.839. The van der Waals surface area contributed by atoms with Crippen molar-refractivity contribution in [3.63, 3.8) is 0 Å². The van der Waals surface area contributed by atoms with Crippen LogP contribution in [0.4, 0.5) is 0 Å². The van der Waals surface area contributed by atoms with Gasteiger partial charge in [0.05, 0.1) is 12.5 Å². The molecule has 0 amide bonds. The average molecular weight is 338 g/mol. The molecule has 0 aromatic heterocycles. The average Bonchev–Trinajstić information content (AvgIpc) is 2.58. The molecule has 2 atom stereocenters. The van der Waals surface area contributed by atoms with Gasteiger partial charge in [0.25, 0.3) is 0 Å². The summed E-state index contributed by atoms with van der Waals surface area (Å²) in [5.41, 5.74) is 8.22. The van der Waals surface area contributed by atoms with Crippen LogP contribution in [0.2, 0.25) is 0 Å². The second-order valence-corrected chi connectivity index (χ2v) is 7.29. The normalized spacial score (nSPS) is 20.3. The zero-order valence-corrected chi connectivity index (χ0v) is 15.3. The number of ether oxygens (including phenoxy) is 1. The number of hydrogen-bond acceptors (Lipinski definition) is 2. The van der Waals surface area contributed by atoms with Gasteiger partial charge < -0.3 is 10.5 Å². The molecule has 2 unspecified atom stereocenters. The summed E-state index contributed by atoms with van der Waals surface area (Å²) in [7, 11) is 1.72. The lowest BCUT2D eigenvalue weighted by Gasteiger charge is -2.30. The topological polar surface area (TPSA) is 35.2 Å². The van der Waals surface area contributed by atoms with Gasteiger partial charge >= 0.3 is 0 Å². The number of nitrogens with two attached hydrogens (primary N) is 1. The zero-order chi connectivity index (χ0) is 16.5. The quantitative estimate of drug-likeness (QED) is 0.444. The maximum Gasteiger partial charge on any atom is 0.119 e. The number of methoxy groups -OCH3 is 1. The molecule has 0 fully saturated rings. The number of alkyl halides is 1. The minimum Gasteiger partial charge on any atom is -0.497 e. The van der Waals surface area contributed by atoms with Gasteiger partial charge in [-0.25, -0.2) is 0 Å². The first-order chi connectivity index (χ1) is 11.3. The number of unbranched alkanes of at least 4 members (excludes halogenated alkanes) is 6. The van der Waals surface area contributed by atoms with Crippen LogP contribution < -0.4 is 10.5 Å². The highest BCUT2D eigenvalue weighted by Gasteiger charge is 2.27. The molecule has 0 radical (unpaired) electrons. The van der Waals surface area contributed by atoms with E-state index >= 15 is 0 Å². The van der Waals surface area contributed by atoms with Gasteiger partial charge in [-0.1, -0.05) is 44.6 Å². The smallest absolute Gasteiger partial charge is 0.119 e. The van der Waals surface area contributed by atoms with Crippen molar-refractivity contribution in [1.82, 2.24) is 0 Å². The highest BCUT2D eigenvalue weighted by Crippen LogP contribution is 2.42. The van der Waals surface area contributed by atoms with E-state index in [0.717, 1.165) is 18.7 Å².